The molecule has 1 aliphatic carbocycles. The summed E-state index contributed by atoms with van der Waals surface area (Å²) in [5.41, 5.74) is 12.3. The first-order valence-electron chi connectivity index (χ1n) is 10.3. The maximum absolute atomic E-state index is 12.9. The number of rotatable bonds is 3. The van der Waals surface area contributed by atoms with Crippen molar-refractivity contribution >= 4 is 17.5 Å². The first kappa shape index (κ1) is 19.0. The predicted octanol–water partition coefficient (Wildman–Crippen LogP) is 0.585. The molecule has 2 saturated heterocycles. The number of nitrogens with two attached hydrogens (primary N) is 1. The van der Waals surface area contributed by atoms with Crippen molar-refractivity contribution in [3.63, 3.8) is 0 Å². The highest BCUT2D eigenvalue weighted by Gasteiger charge is 2.45. The van der Waals surface area contributed by atoms with Crippen LogP contribution in [0.5, 0.6) is 0 Å². The number of hydrogen-bond acceptors (Lipinski definition) is 6. The first-order chi connectivity index (χ1) is 14.5. The summed E-state index contributed by atoms with van der Waals surface area (Å²) in [6.07, 6.45) is 7.09. The summed E-state index contributed by atoms with van der Waals surface area (Å²) in [5.74, 6) is -0.0954. The molecule has 4 aliphatic rings. The van der Waals surface area contributed by atoms with Gasteiger partial charge >= 0.3 is 0 Å². The van der Waals surface area contributed by atoms with Gasteiger partial charge in [-0.25, -0.2) is 0 Å². The van der Waals surface area contributed by atoms with Crippen molar-refractivity contribution in [2.75, 3.05) is 39.4 Å². The number of nitrogens with one attached hydrogen (secondary N) is 1. The van der Waals surface area contributed by atoms with Gasteiger partial charge in [0.1, 0.15) is 5.54 Å². The average Bonchev–Trinajstić information content (AvgIpc) is 3.21. The Bertz CT molecular complexity index is 953. The van der Waals surface area contributed by atoms with Crippen LogP contribution in [0.3, 0.4) is 0 Å². The number of nitrogens with zero attached hydrogens (tertiary/aromatic N) is 3. The molecule has 0 spiro atoms. The van der Waals surface area contributed by atoms with Crippen molar-refractivity contribution in [2.45, 2.75) is 18.0 Å². The lowest BCUT2D eigenvalue weighted by Gasteiger charge is -2.43. The molecule has 0 bridgehead atoms. The second-order valence-electron chi connectivity index (χ2n) is 8.23. The number of allylic oxidation sites excluding steroid dienone is 3. The third-order valence-electron chi connectivity index (χ3n) is 6.19. The van der Waals surface area contributed by atoms with Crippen LogP contribution >= 0.6 is 0 Å². The minimum absolute atomic E-state index is 0.0146. The molecule has 2 fully saturated rings. The fourth-order valence-corrected chi connectivity index (χ4v) is 4.28. The highest BCUT2D eigenvalue weighted by Crippen LogP contribution is 2.30. The lowest BCUT2D eigenvalue weighted by Crippen LogP contribution is -2.68. The van der Waals surface area contributed by atoms with Crippen LogP contribution in [-0.2, 0) is 9.53 Å². The Hall–Kier alpha value is -2.97. The van der Waals surface area contributed by atoms with Crippen molar-refractivity contribution in [3.05, 3.63) is 59.2 Å². The van der Waals surface area contributed by atoms with E-state index in [1.165, 1.54) is 5.57 Å². The summed E-state index contributed by atoms with van der Waals surface area (Å²) in [6.45, 7) is 2.54. The van der Waals surface area contributed by atoms with Gasteiger partial charge in [-0.15, -0.1) is 0 Å². The molecular weight excluding hydrogens is 382 g/mol. The Morgan fingerprint density at radius 1 is 1.10 bits per heavy atom. The average molecular weight is 407 g/mol. The molecule has 1 atom stereocenters. The van der Waals surface area contributed by atoms with E-state index in [4.69, 9.17) is 10.5 Å². The second kappa shape index (κ2) is 7.37. The van der Waals surface area contributed by atoms with Gasteiger partial charge in [0.05, 0.1) is 25.0 Å². The third-order valence-corrected chi connectivity index (χ3v) is 6.19. The molecule has 5 rings (SSSR count). The van der Waals surface area contributed by atoms with Gasteiger partial charge in [0.2, 0.25) is 5.91 Å². The molecular formula is C22H25N5O3. The second-order valence-corrected chi connectivity index (χ2v) is 8.23. The number of ether oxygens (including phenoxy) is 1. The maximum atomic E-state index is 12.9. The molecule has 1 aromatic rings. The highest BCUT2D eigenvalue weighted by atomic mass is 16.5. The molecule has 1 unspecified atom stereocenters. The van der Waals surface area contributed by atoms with E-state index in [9.17, 15) is 9.59 Å². The fourth-order valence-electron chi connectivity index (χ4n) is 4.28. The lowest BCUT2D eigenvalue weighted by atomic mass is 9.92. The number of hydrazone groups is 1. The van der Waals surface area contributed by atoms with Crippen molar-refractivity contribution in [3.8, 4) is 0 Å². The summed E-state index contributed by atoms with van der Waals surface area (Å²) in [5, 5.41) is 4.42. The Morgan fingerprint density at radius 2 is 1.80 bits per heavy atom. The lowest BCUT2D eigenvalue weighted by molar-refractivity contribution is -0.155. The van der Waals surface area contributed by atoms with Gasteiger partial charge in [0.25, 0.3) is 5.91 Å². The van der Waals surface area contributed by atoms with E-state index in [1.807, 2.05) is 24.3 Å². The molecule has 8 nitrogen and oxygen atoms in total. The summed E-state index contributed by atoms with van der Waals surface area (Å²) >= 11 is 0. The van der Waals surface area contributed by atoms with Gasteiger partial charge in [0.15, 0.2) is 0 Å². The molecule has 3 aliphatic heterocycles. The highest BCUT2D eigenvalue weighted by molar-refractivity contribution is 6.04. The summed E-state index contributed by atoms with van der Waals surface area (Å²) in [6, 6.07) is 7.74. The normalized spacial score (nSPS) is 24.4. The summed E-state index contributed by atoms with van der Waals surface area (Å²) in [4.78, 5) is 29.0. The van der Waals surface area contributed by atoms with E-state index >= 15 is 0 Å². The summed E-state index contributed by atoms with van der Waals surface area (Å²) < 4.78 is 5.09. The van der Waals surface area contributed by atoms with Crippen LogP contribution in [-0.4, -0.2) is 72.3 Å². The topological polar surface area (TPSA) is 100 Å². The molecule has 0 radical (unpaired) electrons. The minimum Gasteiger partial charge on any atom is -0.376 e. The smallest absolute Gasteiger partial charge is 0.253 e. The molecule has 1 aromatic carbocycles. The van der Waals surface area contributed by atoms with E-state index in [0.717, 1.165) is 17.7 Å². The molecule has 30 heavy (non-hydrogen) atoms. The number of amides is 2. The Balaban J connectivity index is 1.21. The molecule has 0 aromatic heterocycles. The Labute approximate surface area is 175 Å². The van der Waals surface area contributed by atoms with Crippen LogP contribution < -0.4 is 11.2 Å². The third kappa shape index (κ3) is 3.22. The van der Waals surface area contributed by atoms with Crippen LogP contribution in [0.25, 0.3) is 0 Å². The van der Waals surface area contributed by atoms with Crippen molar-refractivity contribution in [1.29, 1.82) is 0 Å². The van der Waals surface area contributed by atoms with Crippen LogP contribution in [0.4, 0.5) is 0 Å². The van der Waals surface area contributed by atoms with Crippen LogP contribution in [0.2, 0.25) is 0 Å². The van der Waals surface area contributed by atoms with Crippen molar-refractivity contribution < 1.29 is 14.3 Å². The monoisotopic (exact) mass is 407 g/mol. The van der Waals surface area contributed by atoms with Crippen LogP contribution in [0.15, 0.2) is 53.2 Å². The zero-order valence-corrected chi connectivity index (χ0v) is 16.7. The minimum atomic E-state index is -0.885. The number of piperazine rings is 1. The zero-order chi connectivity index (χ0) is 20.7. The van der Waals surface area contributed by atoms with E-state index in [-0.39, 0.29) is 31.1 Å². The van der Waals surface area contributed by atoms with Crippen molar-refractivity contribution in [1.82, 2.24) is 15.2 Å². The fraction of sp³-hybridized carbons (Fsp3) is 0.409. The SMILES string of the molecule is NC1(C(=O)N2CCN(C(=O)c3ccc(C4NN=C5CC=CC=C54)cc3)CC2)COC1. The van der Waals surface area contributed by atoms with Gasteiger partial charge in [-0.05, 0) is 17.7 Å². The van der Waals surface area contributed by atoms with Gasteiger partial charge in [0, 0.05) is 43.7 Å². The largest absolute Gasteiger partial charge is 0.376 e. The van der Waals surface area contributed by atoms with Gasteiger partial charge in [-0.2, -0.15) is 5.10 Å². The maximum Gasteiger partial charge on any atom is 0.253 e. The Morgan fingerprint density at radius 3 is 2.47 bits per heavy atom. The molecule has 2 amide bonds. The number of carbonyl (C=O) groups is 2. The zero-order valence-electron chi connectivity index (χ0n) is 16.7. The van der Waals surface area contributed by atoms with E-state index < -0.39 is 5.54 Å². The van der Waals surface area contributed by atoms with Crippen LogP contribution in [0.1, 0.15) is 28.4 Å². The molecule has 3 N–H and O–H groups in total. The van der Waals surface area contributed by atoms with Crippen molar-refractivity contribution in [2.24, 2.45) is 10.8 Å². The van der Waals surface area contributed by atoms with Gasteiger partial charge in [-0.1, -0.05) is 30.4 Å². The molecule has 0 saturated carbocycles. The number of hydrogen-bond donors (Lipinski definition) is 2. The van der Waals surface area contributed by atoms with E-state index in [0.29, 0.717) is 31.7 Å². The Kier molecular flexibility index (Phi) is 4.67. The predicted molar refractivity (Wildman–Crippen MR) is 112 cm³/mol. The van der Waals surface area contributed by atoms with E-state index in [2.05, 4.69) is 28.8 Å². The van der Waals surface area contributed by atoms with E-state index in [1.54, 1.807) is 9.80 Å². The molecule has 156 valence electrons. The number of carbonyl (C=O) groups excluding carboxylic acids is 2. The van der Waals surface area contributed by atoms with Gasteiger partial charge in [-0.3, -0.25) is 15.0 Å². The standard InChI is InChI=1S/C22H25N5O3/c23-22(13-30-14-22)21(29)27-11-9-26(10-12-27)20(28)16-7-5-15(6-8-16)19-17-3-1-2-4-18(17)24-25-19/h1-3,5-8,19,25H,4,9-14,23H2. The number of fused-ring (bicyclic) bond motifs is 1. The molecule has 8 heteroatoms. The van der Waals surface area contributed by atoms with Crippen LogP contribution in [0, 0.1) is 0 Å². The first-order valence-corrected chi connectivity index (χ1v) is 10.3. The van der Waals surface area contributed by atoms with Gasteiger partial charge < -0.3 is 20.3 Å². The molecule has 3 heterocycles. The quantitative estimate of drug-likeness (QED) is 0.764. The summed E-state index contributed by atoms with van der Waals surface area (Å²) in [7, 11) is 0. The number of benzene rings is 1.